The third kappa shape index (κ3) is 5.46. The highest BCUT2D eigenvalue weighted by molar-refractivity contribution is 7.98. The van der Waals surface area contributed by atoms with Gasteiger partial charge in [-0.3, -0.25) is 14.5 Å². The van der Waals surface area contributed by atoms with Crippen LogP contribution >= 0.6 is 0 Å². The van der Waals surface area contributed by atoms with Crippen LogP contribution < -0.4 is 0 Å². The van der Waals surface area contributed by atoms with Gasteiger partial charge >= 0.3 is 6.18 Å². The van der Waals surface area contributed by atoms with E-state index < -0.39 is 75.0 Å². The smallest absolute Gasteiger partial charge is 0.291 e. The number of carbonyl (C=O) groups excluding carboxylic acids is 1. The zero-order valence-corrected chi connectivity index (χ0v) is 26.4. The fraction of sp³-hybridized carbons (Fsp3) is 0.364. The van der Waals surface area contributed by atoms with E-state index in [0.29, 0.717) is 28.9 Å². The normalized spacial score (nSPS) is 23.5. The van der Waals surface area contributed by atoms with E-state index in [9.17, 15) is 35.3 Å². The number of allylic oxidation sites excluding steroid dienone is 1. The Bertz CT molecular complexity index is 2040. The fourth-order valence-corrected chi connectivity index (χ4v) is 9.36. The molecule has 1 aromatic carbocycles. The summed E-state index contributed by atoms with van der Waals surface area (Å²) in [5.74, 6) is -0.0862. The molecule has 3 aromatic heterocycles. The SMILES string of the molecule is C=S(=O)(c1ccn(C)n1)N(C1CC(F)(F)C1)[C@H]1CCC2=Cc3c(cnn3-c3ccc(F)cc3)C[C@]2(C(=O)c2cc(C(F)(F)F)ccn2)C1. The first kappa shape index (κ1) is 32.3. The monoisotopic (exact) mass is 688 g/mol. The quantitative estimate of drug-likeness (QED) is 0.129. The predicted octanol–water partition coefficient (Wildman–Crippen LogP) is 6.31. The number of carbonyl (C=O) groups is 1. The van der Waals surface area contributed by atoms with Crippen LogP contribution in [0.15, 0.2) is 71.7 Å². The van der Waals surface area contributed by atoms with E-state index >= 15 is 0 Å². The summed E-state index contributed by atoms with van der Waals surface area (Å²) in [6.45, 7) is 0. The highest BCUT2D eigenvalue weighted by Gasteiger charge is 2.56. The van der Waals surface area contributed by atoms with Gasteiger partial charge in [0.05, 0.1) is 38.3 Å². The second kappa shape index (κ2) is 11.2. The van der Waals surface area contributed by atoms with Gasteiger partial charge in [-0.15, -0.1) is 0 Å². The minimum absolute atomic E-state index is 0.0131. The van der Waals surface area contributed by atoms with Crippen LogP contribution in [-0.4, -0.2) is 62.7 Å². The van der Waals surface area contributed by atoms with Gasteiger partial charge < -0.3 is 0 Å². The van der Waals surface area contributed by atoms with Gasteiger partial charge in [0.1, 0.15) is 11.5 Å². The molecule has 48 heavy (non-hydrogen) atoms. The average Bonchev–Trinajstić information content (AvgIpc) is 3.65. The van der Waals surface area contributed by atoms with Crippen LogP contribution in [0.3, 0.4) is 0 Å². The molecule has 0 bridgehead atoms. The second-order valence-electron chi connectivity index (χ2n) is 12.8. The Morgan fingerprint density at radius 2 is 1.81 bits per heavy atom. The molecular weight excluding hydrogens is 658 g/mol. The van der Waals surface area contributed by atoms with Crippen LogP contribution in [0.1, 0.15) is 59.4 Å². The van der Waals surface area contributed by atoms with E-state index in [-0.39, 0.29) is 24.3 Å². The van der Waals surface area contributed by atoms with E-state index in [2.05, 4.69) is 21.1 Å². The van der Waals surface area contributed by atoms with Gasteiger partial charge in [-0.25, -0.2) is 26.4 Å². The maximum Gasteiger partial charge on any atom is 0.416 e. The molecular formula is C33H30F6N6O2S. The summed E-state index contributed by atoms with van der Waals surface area (Å²) in [7, 11) is -1.82. The molecule has 3 atom stereocenters. The number of fused-ring (bicyclic) bond motifs is 2. The summed E-state index contributed by atoms with van der Waals surface area (Å²) < 4.78 is 103. The molecule has 7 rings (SSSR count). The Morgan fingerprint density at radius 1 is 1.08 bits per heavy atom. The number of hydrogen-bond acceptors (Lipinski definition) is 5. The predicted molar refractivity (Wildman–Crippen MR) is 165 cm³/mol. The van der Waals surface area contributed by atoms with Gasteiger partial charge in [0.25, 0.3) is 5.92 Å². The van der Waals surface area contributed by atoms with Gasteiger partial charge in [-0.2, -0.15) is 23.4 Å². The largest absolute Gasteiger partial charge is 0.416 e. The van der Waals surface area contributed by atoms with Crippen LogP contribution in [-0.2, 0) is 29.4 Å². The maximum atomic E-state index is 14.6. The molecule has 2 fully saturated rings. The molecule has 0 radical (unpaired) electrons. The molecule has 8 nitrogen and oxygen atoms in total. The summed E-state index contributed by atoms with van der Waals surface area (Å²) in [6.07, 6.45) is 0.494. The summed E-state index contributed by atoms with van der Waals surface area (Å²) >= 11 is 0. The molecule has 3 aliphatic rings. The Morgan fingerprint density at radius 3 is 2.46 bits per heavy atom. The number of alkyl halides is 5. The molecule has 0 saturated heterocycles. The number of Topliss-reactive ketones (excluding diaryl/α,β-unsaturated/α-hetero) is 1. The summed E-state index contributed by atoms with van der Waals surface area (Å²) in [5, 5.41) is 8.86. The number of benzene rings is 1. The van der Waals surface area contributed by atoms with Crippen molar-refractivity contribution >= 4 is 27.4 Å². The van der Waals surface area contributed by atoms with E-state index in [4.69, 9.17) is 0 Å². The molecule has 252 valence electrons. The number of aryl methyl sites for hydroxylation is 1. The standard InChI is InChI=1S/C33H30F6N6O2S/c1-43-12-10-29(42-43)48(2,47)45(26-17-32(35,36)18-26)25-6-3-21-14-28-20(19-41-44(28)24-7-4-23(34)5-8-24)15-31(21,16-25)30(46)27-13-22(9-11-40-27)33(37,38)39/h4-5,7-14,19,25-26H,2-3,6,15-18H2,1H3/t25-,31-,48?/m0/s1. The number of hydrogen-bond donors (Lipinski definition) is 0. The number of pyridine rings is 1. The van der Waals surface area contributed by atoms with E-state index in [1.165, 1.54) is 27.2 Å². The number of nitrogens with zero attached hydrogens (tertiary/aromatic N) is 6. The minimum atomic E-state index is -4.73. The third-order valence-electron chi connectivity index (χ3n) is 9.61. The summed E-state index contributed by atoms with van der Waals surface area (Å²) in [4.78, 5) is 18.7. The molecule has 3 heterocycles. The van der Waals surface area contributed by atoms with Crippen molar-refractivity contribution in [3.63, 3.8) is 0 Å². The lowest BCUT2D eigenvalue weighted by molar-refractivity contribution is -0.137. The summed E-state index contributed by atoms with van der Waals surface area (Å²) in [6, 6.07) is 7.13. The molecule has 0 aliphatic heterocycles. The lowest BCUT2D eigenvalue weighted by Gasteiger charge is -2.51. The van der Waals surface area contributed by atoms with Crippen molar-refractivity contribution in [3.8, 4) is 5.69 Å². The van der Waals surface area contributed by atoms with Crippen molar-refractivity contribution in [2.24, 2.45) is 12.5 Å². The molecule has 15 heteroatoms. The zero-order chi connectivity index (χ0) is 34.2. The number of rotatable bonds is 7. The van der Waals surface area contributed by atoms with E-state index in [1.807, 2.05) is 0 Å². The van der Waals surface area contributed by atoms with E-state index in [0.717, 1.165) is 18.3 Å². The first-order valence-electron chi connectivity index (χ1n) is 15.2. The highest BCUT2D eigenvalue weighted by Crippen LogP contribution is 2.53. The van der Waals surface area contributed by atoms with Crippen LogP contribution in [0.25, 0.3) is 11.8 Å². The number of ketones is 1. The Labute approximate surface area is 272 Å². The van der Waals surface area contributed by atoms with Crippen LogP contribution in [0.4, 0.5) is 26.3 Å². The van der Waals surface area contributed by atoms with Crippen molar-refractivity contribution in [2.75, 3.05) is 0 Å². The first-order chi connectivity index (χ1) is 22.6. The number of halogens is 6. The van der Waals surface area contributed by atoms with Crippen molar-refractivity contribution < 1.29 is 35.3 Å². The van der Waals surface area contributed by atoms with Gasteiger partial charge in [0, 0.05) is 44.4 Å². The molecule has 3 aliphatic carbocycles. The fourth-order valence-electron chi connectivity index (χ4n) is 7.33. The zero-order valence-electron chi connectivity index (χ0n) is 25.6. The van der Waals surface area contributed by atoms with Crippen LogP contribution in [0, 0.1) is 11.2 Å². The third-order valence-corrected chi connectivity index (χ3v) is 11.8. The van der Waals surface area contributed by atoms with Gasteiger partial charge in [0.15, 0.2) is 10.8 Å². The van der Waals surface area contributed by atoms with E-state index in [1.54, 1.807) is 42.3 Å². The Balaban J connectivity index is 1.34. The molecule has 0 spiro atoms. The maximum absolute atomic E-state index is 14.6. The first-order valence-corrected chi connectivity index (χ1v) is 16.9. The molecule has 0 N–H and O–H groups in total. The van der Waals surface area contributed by atoms with Crippen LogP contribution in [0.5, 0.6) is 0 Å². The second-order valence-corrected chi connectivity index (χ2v) is 14.9. The lowest BCUT2D eigenvalue weighted by atomic mass is 9.60. The van der Waals surface area contributed by atoms with Crippen molar-refractivity contribution in [1.29, 1.82) is 0 Å². The van der Waals surface area contributed by atoms with Crippen molar-refractivity contribution in [1.82, 2.24) is 28.9 Å². The molecule has 1 unspecified atom stereocenters. The number of aromatic nitrogens is 5. The topological polar surface area (TPSA) is 85.9 Å². The van der Waals surface area contributed by atoms with Crippen molar-refractivity contribution in [3.05, 3.63) is 95.0 Å². The highest BCUT2D eigenvalue weighted by atomic mass is 32.2. The molecule has 4 aromatic rings. The molecule has 0 amide bonds. The summed E-state index contributed by atoms with van der Waals surface area (Å²) in [5.41, 5.74) is -0.505. The van der Waals surface area contributed by atoms with Gasteiger partial charge in [-0.05, 0) is 85.7 Å². The van der Waals surface area contributed by atoms with Crippen molar-refractivity contribution in [2.45, 2.75) is 67.7 Å². The van der Waals surface area contributed by atoms with Gasteiger partial charge in [0.2, 0.25) is 0 Å². The molecule has 2 saturated carbocycles. The van der Waals surface area contributed by atoms with Gasteiger partial charge in [-0.1, -0.05) is 5.57 Å². The Kier molecular flexibility index (Phi) is 7.51. The lowest BCUT2D eigenvalue weighted by Crippen LogP contribution is -2.59. The van der Waals surface area contributed by atoms with Crippen LogP contribution in [0.2, 0.25) is 0 Å². The average molecular weight is 689 g/mol. The Hall–Kier alpha value is -4.24. The minimum Gasteiger partial charge on any atom is -0.291 e.